The number of nitrogens with zero attached hydrogens (tertiary/aromatic N) is 3. The Morgan fingerprint density at radius 1 is 0.767 bits per heavy atom. The Balaban J connectivity index is 1.29. The molecule has 30 heavy (non-hydrogen) atoms. The van der Waals surface area contributed by atoms with Crippen LogP contribution in [0.1, 0.15) is 32.7 Å². The topological polar surface area (TPSA) is 43.9 Å². The summed E-state index contributed by atoms with van der Waals surface area (Å²) in [6.07, 6.45) is -3.75. The van der Waals surface area contributed by atoms with Crippen LogP contribution in [0.5, 0.6) is 0 Å². The van der Waals surface area contributed by atoms with E-state index in [1.807, 2.05) is 0 Å². The van der Waals surface area contributed by atoms with E-state index in [1.54, 1.807) is 35.2 Å². The van der Waals surface area contributed by atoms with Crippen LogP contribution in [0, 0.1) is 0 Å². The Hall–Kier alpha value is -2.87. The van der Waals surface area contributed by atoms with Gasteiger partial charge in [-0.05, 0) is 37.2 Å². The number of alkyl halides is 3. The van der Waals surface area contributed by atoms with E-state index in [-0.39, 0.29) is 17.5 Å². The van der Waals surface area contributed by atoms with Crippen molar-refractivity contribution in [3.63, 3.8) is 0 Å². The van der Waals surface area contributed by atoms with Crippen LogP contribution in [0.2, 0.25) is 0 Å². The van der Waals surface area contributed by atoms with E-state index < -0.39 is 11.7 Å². The highest BCUT2D eigenvalue weighted by molar-refractivity contribution is 6.21. The summed E-state index contributed by atoms with van der Waals surface area (Å²) >= 11 is 0. The molecule has 0 aliphatic carbocycles. The molecule has 0 atom stereocenters. The van der Waals surface area contributed by atoms with Gasteiger partial charge in [0.25, 0.3) is 11.8 Å². The van der Waals surface area contributed by atoms with Gasteiger partial charge in [0.15, 0.2) is 0 Å². The second-order valence-corrected chi connectivity index (χ2v) is 7.50. The zero-order valence-electron chi connectivity index (χ0n) is 16.4. The first-order valence-electron chi connectivity index (χ1n) is 9.95. The number of hydrogen-bond acceptors (Lipinski definition) is 4. The van der Waals surface area contributed by atoms with E-state index in [2.05, 4.69) is 4.90 Å². The van der Waals surface area contributed by atoms with Gasteiger partial charge in [-0.15, -0.1) is 0 Å². The van der Waals surface area contributed by atoms with E-state index in [1.165, 1.54) is 17.0 Å². The fourth-order valence-electron chi connectivity index (χ4n) is 4.10. The molecule has 158 valence electrons. The maximum absolute atomic E-state index is 13.3. The van der Waals surface area contributed by atoms with Crippen LogP contribution in [-0.2, 0) is 6.18 Å². The number of rotatable bonds is 5. The summed E-state index contributed by atoms with van der Waals surface area (Å²) in [7, 11) is 0. The highest BCUT2D eigenvalue weighted by atomic mass is 19.4. The molecule has 0 radical (unpaired) electrons. The summed E-state index contributed by atoms with van der Waals surface area (Å²) in [5.74, 6) is -0.520. The molecule has 2 aromatic rings. The van der Waals surface area contributed by atoms with Crippen molar-refractivity contribution in [3.8, 4) is 0 Å². The molecular weight excluding hydrogens is 395 g/mol. The van der Waals surface area contributed by atoms with E-state index in [9.17, 15) is 22.8 Å². The van der Waals surface area contributed by atoms with Gasteiger partial charge in [0.05, 0.1) is 16.7 Å². The number of piperazine rings is 1. The van der Waals surface area contributed by atoms with Crippen molar-refractivity contribution in [2.75, 3.05) is 44.2 Å². The number of amides is 2. The van der Waals surface area contributed by atoms with Gasteiger partial charge in [0.1, 0.15) is 0 Å². The first kappa shape index (κ1) is 20.4. The van der Waals surface area contributed by atoms with Gasteiger partial charge in [-0.3, -0.25) is 19.4 Å². The third-order valence-corrected chi connectivity index (χ3v) is 5.66. The number of para-hydroxylation sites is 1. The number of imide groups is 1. The lowest BCUT2D eigenvalue weighted by Crippen LogP contribution is -2.47. The molecule has 0 bridgehead atoms. The summed E-state index contributed by atoms with van der Waals surface area (Å²) in [5, 5.41) is 0. The second kappa shape index (κ2) is 8.10. The van der Waals surface area contributed by atoms with Crippen LogP contribution in [0.4, 0.5) is 18.9 Å². The number of benzene rings is 2. The van der Waals surface area contributed by atoms with Crippen LogP contribution >= 0.6 is 0 Å². The zero-order valence-corrected chi connectivity index (χ0v) is 16.4. The minimum absolute atomic E-state index is 0.218. The Bertz CT molecular complexity index is 918. The van der Waals surface area contributed by atoms with Crippen LogP contribution in [0.15, 0.2) is 48.5 Å². The Kier molecular flexibility index (Phi) is 5.51. The SMILES string of the molecule is O=C1c2ccccc2C(=O)N1CCCN1CCN(c2ccccc2C(F)(F)F)CC1. The molecular formula is C22H22F3N3O2. The minimum atomic E-state index is -4.37. The highest BCUT2D eigenvalue weighted by Gasteiger charge is 2.36. The van der Waals surface area contributed by atoms with Crippen molar-refractivity contribution in [1.82, 2.24) is 9.80 Å². The number of fused-ring (bicyclic) bond motifs is 1. The number of carbonyl (C=O) groups excluding carboxylic acids is 2. The average Bonchev–Trinajstić information content (AvgIpc) is 2.99. The predicted octanol–water partition coefficient (Wildman–Crippen LogP) is 3.51. The number of carbonyl (C=O) groups is 2. The lowest BCUT2D eigenvalue weighted by molar-refractivity contribution is -0.137. The van der Waals surface area contributed by atoms with Crippen LogP contribution < -0.4 is 4.90 Å². The molecule has 1 saturated heterocycles. The predicted molar refractivity (Wildman–Crippen MR) is 107 cm³/mol. The lowest BCUT2D eigenvalue weighted by Gasteiger charge is -2.37. The largest absolute Gasteiger partial charge is 0.418 e. The third-order valence-electron chi connectivity index (χ3n) is 5.66. The van der Waals surface area contributed by atoms with Crippen LogP contribution in [-0.4, -0.2) is 60.9 Å². The molecule has 0 N–H and O–H groups in total. The van der Waals surface area contributed by atoms with Gasteiger partial charge < -0.3 is 4.90 Å². The molecule has 2 aliphatic heterocycles. The molecule has 0 saturated carbocycles. The summed E-state index contributed by atoms with van der Waals surface area (Å²) in [4.78, 5) is 30.0. The monoisotopic (exact) mass is 417 g/mol. The van der Waals surface area contributed by atoms with E-state index in [0.717, 1.165) is 6.07 Å². The fourth-order valence-corrected chi connectivity index (χ4v) is 4.10. The first-order chi connectivity index (χ1) is 14.4. The average molecular weight is 417 g/mol. The van der Waals surface area contributed by atoms with E-state index in [0.29, 0.717) is 56.8 Å². The zero-order chi connectivity index (χ0) is 21.3. The van der Waals surface area contributed by atoms with Crippen molar-refractivity contribution in [1.29, 1.82) is 0 Å². The standard InChI is InChI=1S/C22H22F3N3O2/c23-22(24,25)18-8-3-4-9-19(18)27-14-12-26(13-15-27)10-5-11-28-20(29)16-6-1-2-7-17(16)21(28)30/h1-4,6-9H,5,10-15H2. The number of hydrogen-bond donors (Lipinski definition) is 0. The molecule has 1 fully saturated rings. The third kappa shape index (κ3) is 3.92. The first-order valence-corrected chi connectivity index (χ1v) is 9.95. The Labute approximate surface area is 172 Å². The molecule has 0 aromatic heterocycles. The quantitative estimate of drug-likeness (QED) is 0.699. The van der Waals surface area contributed by atoms with Gasteiger partial charge in [-0.25, -0.2) is 0 Å². The van der Waals surface area contributed by atoms with Crippen molar-refractivity contribution in [3.05, 3.63) is 65.2 Å². The Morgan fingerprint density at radius 2 is 1.33 bits per heavy atom. The highest BCUT2D eigenvalue weighted by Crippen LogP contribution is 2.36. The summed E-state index contributed by atoms with van der Waals surface area (Å²) in [6.45, 7) is 3.29. The van der Waals surface area contributed by atoms with Crippen LogP contribution in [0.25, 0.3) is 0 Å². The van der Waals surface area contributed by atoms with Gasteiger partial charge in [0, 0.05) is 38.4 Å². The molecule has 2 heterocycles. The van der Waals surface area contributed by atoms with Gasteiger partial charge in [-0.1, -0.05) is 24.3 Å². The second-order valence-electron chi connectivity index (χ2n) is 7.50. The molecule has 2 aliphatic rings. The summed E-state index contributed by atoms with van der Waals surface area (Å²) < 4.78 is 39.8. The van der Waals surface area contributed by atoms with Gasteiger partial charge >= 0.3 is 6.18 Å². The molecule has 2 aromatic carbocycles. The molecule has 0 unspecified atom stereocenters. The summed E-state index contributed by atoms with van der Waals surface area (Å²) in [6, 6.07) is 12.5. The molecule has 2 amide bonds. The van der Waals surface area contributed by atoms with Crippen molar-refractivity contribution in [2.45, 2.75) is 12.6 Å². The lowest BCUT2D eigenvalue weighted by atomic mass is 10.1. The molecule has 0 spiro atoms. The smallest absolute Gasteiger partial charge is 0.368 e. The van der Waals surface area contributed by atoms with Crippen molar-refractivity contribution < 1.29 is 22.8 Å². The summed E-state index contributed by atoms with van der Waals surface area (Å²) in [5.41, 5.74) is 0.499. The molecule has 8 heteroatoms. The van der Waals surface area contributed by atoms with Gasteiger partial charge in [0.2, 0.25) is 0 Å². The minimum Gasteiger partial charge on any atom is -0.368 e. The van der Waals surface area contributed by atoms with Crippen molar-refractivity contribution in [2.24, 2.45) is 0 Å². The Morgan fingerprint density at radius 3 is 1.93 bits per heavy atom. The van der Waals surface area contributed by atoms with Crippen molar-refractivity contribution >= 4 is 17.5 Å². The number of anilines is 1. The van der Waals surface area contributed by atoms with Crippen LogP contribution in [0.3, 0.4) is 0 Å². The van der Waals surface area contributed by atoms with Gasteiger partial charge in [-0.2, -0.15) is 13.2 Å². The number of halogens is 3. The normalized spacial score (nSPS) is 17.6. The maximum atomic E-state index is 13.3. The fraction of sp³-hybridized carbons (Fsp3) is 0.364. The van der Waals surface area contributed by atoms with E-state index in [4.69, 9.17) is 0 Å². The molecule has 4 rings (SSSR count). The molecule has 5 nitrogen and oxygen atoms in total. The maximum Gasteiger partial charge on any atom is 0.418 e. The van der Waals surface area contributed by atoms with E-state index >= 15 is 0 Å².